The third-order valence-electron chi connectivity index (χ3n) is 7.11. The Kier molecular flexibility index (Phi) is 2.91. The molecule has 0 bridgehead atoms. The van der Waals surface area contributed by atoms with Gasteiger partial charge >= 0.3 is 0 Å². The number of para-hydroxylation sites is 3. The first-order chi connectivity index (χ1) is 23.0. The highest BCUT2D eigenvalue weighted by Gasteiger charge is 2.22. The molecule has 1 N–H and O–H groups in total. The van der Waals surface area contributed by atoms with Crippen molar-refractivity contribution in [2.24, 2.45) is 0 Å². The van der Waals surface area contributed by atoms with Gasteiger partial charge in [-0.05, 0) is 23.3 Å². The van der Waals surface area contributed by atoms with Crippen LogP contribution in [0.25, 0.3) is 71.6 Å². The number of hydrogen-bond acceptors (Lipinski definition) is 0. The van der Waals surface area contributed by atoms with E-state index in [9.17, 15) is 0 Å². The van der Waals surface area contributed by atoms with Crippen molar-refractivity contribution in [2.75, 3.05) is 0 Å². The molecule has 0 saturated carbocycles. The van der Waals surface area contributed by atoms with Gasteiger partial charge in [0.1, 0.15) is 0 Å². The molecule has 8 rings (SSSR count). The quantitative estimate of drug-likeness (QED) is 0.252. The molecule has 0 fully saturated rings. The first kappa shape index (κ1) is 13.5. The Bertz CT molecular complexity index is 2540. The second-order valence-corrected chi connectivity index (χ2v) is 9.11. The molecule has 2 heteroatoms. The summed E-state index contributed by atoms with van der Waals surface area (Å²) in [5, 5.41) is 3.67. The van der Waals surface area contributed by atoms with Gasteiger partial charge in [0.15, 0.2) is 0 Å². The van der Waals surface area contributed by atoms with E-state index in [1.807, 2.05) is 65.2 Å². The average Bonchev–Trinajstić information content (AvgIpc) is 3.64. The third-order valence-corrected chi connectivity index (χ3v) is 7.11. The predicted molar refractivity (Wildman–Crippen MR) is 161 cm³/mol. The van der Waals surface area contributed by atoms with E-state index in [1.165, 1.54) is 0 Å². The average molecular weight is 495 g/mol. The fourth-order valence-corrected chi connectivity index (χ4v) is 5.56. The van der Waals surface area contributed by atoms with E-state index in [0.29, 0.717) is 11.2 Å². The van der Waals surface area contributed by atoms with E-state index in [2.05, 4.69) is 4.98 Å². The predicted octanol–water partition coefficient (Wildman–Crippen LogP) is 9.75. The largest absolute Gasteiger partial charge is 0.353 e. The van der Waals surface area contributed by atoms with Gasteiger partial charge in [-0.1, -0.05) is 127 Å². The van der Waals surface area contributed by atoms with E-state index in [1.54, 1.807) is 18.2 Å². The highest BCUT2D eigenvalue weighted by molar-refractivity contribution is 6.23. The number of hydrogen-bond donors (Lipinski definition) is 1. The topological polar surface area (TPSA) is 20.7 Å². The maximum absolute atomic E-state index is 8.93. The number of fused-ring (bicyclic) bond motifs is 7. The maximum atomic E-state index is 8.93. The molecule has 0 atom stereocenters. The van der Waals surface area contributed by atoms with Crippen molar-refractivity contribution in [2.45, 2.75) is 0 Å². The lowest BCUT2D eigenvalue weighted by molar-refractivity contribution is 1.19. The summed E-state index contributed by atoms with van der Waals surface area (Å²) < 4.78 is 88.0. The van der Waals surface area contributed by atoms with Crippen LogP contribution in [0.1, 0.15) is 13.7 Å². The van der Waals surface area contributed by atoms with E-state index in [0.717, 1.165) is 38.1 Å². The molecule has 0 unspecified atom stereocenters. The van der Waals surface area contributed by atoms with E-state index in [-0.39, 0.29) is 22.3 Å². The fourth-order valence-electron chi connectivity index (χ4n) is 5.56. The van der Waals surface area contributed by atoms with Gasteiger partial charge in [-0.2, -0.15) is 0 Å². The standard InChI is InChI=1S/C36H24N2/c1-3-12-24(13-4-1)26-18-11-19-27(25-14-5-2-6-15-25)35(26)38-33-21-10-8-17-29(33)31-23-22-30-28-16-7-9-20-32(28)37-34(30)36(31)38/h1-23,37H/i1D,2D,3D,4D,5D,6D,12D,13D,14D,15D. The van der Waals surface area contributed by atoms with Gasteiger partial charge in [0.05, 0.1) is 35.9 Å². The second-order valence-electron chi connectivity index (χ2n) is 9.11. The number of nitrogens with zero attached hydrogens (tertiary/aromatic N) is 1. The highest BCUT2D eigenvalue weighted by atomic mass is 15.0. The van der Waals surface area contributed by atoms with Crippen LogP contribution < -0.4 is 0 Å². The Morgan fingerprint density at radius 2 is 1.13 bits per heavy atom. The smallest absolute Gasteiger partial charge is 0.0783 e. The van der Waals surface area contributed by atoms with Crippen molar-refractivity contribution in [3.8, 4) is 27.9 Å². The number of aromatic amines is 1. The van der Waals surface area contributed by atoms with Crippen LogP contribution >= 0.6 is 0 Å². The molecular formula is C36H24N2. The van der Waals surface area contributed by atoms with Gasteiger partial charge in [-0.15, -0.1) is 0 Å². The second kappa shape index (κ2) is 8.22. The summed E-state index contributed by atoms with van der Waals surface area (Å²) in [6, 6.07) is 19.8. The summed E-state index contributed by atoms with van der Waals surface area (Å²) in [5.41, 5.74) is 3.78. The van der Waals surface area contributed by atoms with Gasteiger partial charge in [-0.25, -0.2) is 0 Å². The summed E-state index contributed by atoms with van der Waals surface area (Å²) in [4.78, 5) is 3.57. The molecule has 178 valence electrons. The number of H-pyrrole nitrogens is 1. The van der Waals surface area contributed by atoms with Crippen LogP contribution in [0.2, 0.25) is 0 Å². The molecular weight excluding hydrogens is 460 g/mol. The van der Waals surface area contributed by atoms with Crippen LogP contribution in [0.15, 0.2) is 139 Å². The minimum atomic E-state index is -0.534. The maximum Gasteiger partial charge on any atom is 0.0783 e. The Morgan fingerprint density at radius 1 is 0.526 bits per heavy atom. The zero-order valence-electron chi connectivity index (χ0n) is 30.0. The van der Waals surface area contributed by atoms with Gasteiger partial charge in [0, 0.05) is 38.2 Å². The van der Waals surface area contributed by atoms with Crippen LogP contribution in [0.4, 0.5) is 0 Å². The molecule has 0 aliphatic heterocycles. The molecule has 0 aliphatic rings. The van der Waals surface area contributed by atoms with Crippen LogP contribution in [0, 0.1) is 0 Å². The number of rotatable bonds is 3. The molecule has 0 saturated heterocycles. The lowest BCUT2D eigenvalue weighted by Gasteiger charge is -2.19. The van der Waals surface area contributed by atoms with Crippen molar-refractivity contribution in [3.05, 3.63) is 139 Å². The summed E-state index contributed by atoms with van der Waals surface area (Å²) >= 11 is 0. The van der Waals surface area contributed by atoms with Gasteiger partial charge in [0.2, 0.25) is 0 Å². The Hall–Kier alpha value is -5.08. The molecule has 0 aliphatic carbocycles. The fraction of sp³-hybridized carbons (Fsp3) is 0. The molecule has 6 aromatic carbocycles. The summed E-state index contributed by atoms with van der Waals surface area (Å²) in [5.74, 6) is 0. The minimum Gasteiger partial charge on any atom is -0.353 e. The SMILES string of the molecule is [2H]c1c([2H])c([2H])c(-c2cccc(-c3c([2H])c([2H])c([2H])c([2H])c3[2H])c2-n2c3ccccc3c3ccc4c5ccccc5[nH]c4c32)c([2H])c1[2H]. The van der Waals surface area contributed by atoms with Crippen LogP contribution in [0.5, 0.6) is 0 Å². The first-order valence-electron chi connectivity index (χ1n) is 17.2. The van der Waals surface area contributed by atoms with Gasteiger partial charge in [0.25, 0.3) is 0 Å². The summed E-state index contributed by atoms with van der Waals surface area (Å²) in [7, 11) is 0. The monoisotopic (exact) mass is 494 g/mol. The lowest BCUT2D eigenvalue weighted by Crippen LogP contribution is -2.01. The number of aromatic nitrogens is 2. The molecule has 38 heavy (non-hydrogen) atoms. The normalized spacial score (nSPS) is 15.4. The van der Waals surface area contributed by atoms with E-state index >= 15 is 0 Å². The minimum absolute atomic E-state index is 0.0695. The molecule has 2 nitrogen and oxygen atoms in total. The molecule has 8 aromatic rings. The van der Waals surface area contributed by atoms with Crippen LogP contribution in [0.3, 0.4) is 0 Å². The summed E-state index contributed by atoms with van der Waals surface area (Å²) in [6.45, 7) is 0. The first-order valence-corrected chi connectivity index (χ1v) is 12.2. The molecule has 2 aromatic heterocycles. The van der Waals surface area contributed by atoms with Crippen molar-refractivity contribution < 1.29 is 13.7 Å². The molecule has 0 amide bonds. The van der Waals surface area contributed by atoms with E-state index < -0.39 is 60.4 Å². The van der Waals surface area contributed by atoms with Gasteiger partial charge < -0.3 is 9.55 Å². The molecule has 2 heterocycles. The zero-order valence-corrected chi connectivity index (χ0v) is 20.0. The highest BCUT2D eigenvalue weighted by Crippen LogP contribution is 2.43. The Morgan fingerprint density at radius 3 is 1.84 bits per heavy atom. The lowest BCUT2D eigenvalue weighted by atomic mass is 9.95. The number of benzene rings is 6. The van der Waals surface area contributed by atoms with E-state index in [4.69, 9.17) is 13.7 Å². The number of nitrogens with one attached hydrogen (secondary N) is 1. The molecule has 0 spiro atoms. The zero-order chi connectivity index (χ0) is 33.8. The van der Waals surface area contributed by atoms with Gasteiger partial charge in [-0.3, -0.25) is 0 Å². The third kappa shape index (κ3) is 3.01. The van der Waals surface area contributed by atoms with Crippen molar-refractivity contribution in [1.29, 1.82) is 0 Å². The molecule has 0 radical (unpaired) electrons. The van der Waals surface area contributed by atoms with Crippen molar-refractivity contribution >= 4 is 43.6 Å². The van der Waals surface area contributed by atoms with Crippen molar-refractivity contribution in [1.82, 2.24) is 9.55 Å². The summed E-state index contributed by atoms with van der Waals surface area (Å²) in [6.07, 6.45) is 0. The van der Waals surface area contributed by atoms with Crippen molar-refractivity contribution in [3.63, 3.8) is 0 Å². The van der Waals surface area contributed by atoms with Crippen LogP contribution in [-0.2, 0) is 0 Å². The van der Waals surface area contributed by atoms with Crippen LogP contribution in [-0.4, -0.2) is 9.55 Å². The Balaban J connectivity index is 1.66. The Labute approximate surface area is 234 Å².